The van der Waals surface area contributed by atoms with Crippen LogP contribution in [-0.2, 0) is 0 Å². The van der Waals surface area contributed by atoms with E-state index >= 15 is 0 Å². The zero-order chi connectivity index (χ0) is 16.2. The molecule has 2 heterocycles. The number of hydrogen-bond acceptors (Lipinski definition) is 4. The van der Waals surface area contributed by atoms with Crippen LogP contribution in [-0.4, -0.2) is 20.2 Å². The van der Waals surface area contributed by atoms with E-state index in [0.717, 1.165) is 11.4 Å². The summed E-state index contributed by atoms with van der Waals surface area (Å²) in [4.78, 5) is 7.60. The highest BCUT2D eigenvalue weighted by Gasteiger charge is 1.75. The third-order valence-electron chi connectivity index (χ3n) is 1.44. The lowest BCUT2D eigenvalue weighted by molar-refractivity contribution is 0.980. The van der Waals surface area contributed by atoms with Crippen molar-refractivity contribution in [2.24, 2.45) is 0 Å². The molecule has 0 radical (unpaired) electrons. The Labute approximate surface area is 124 Å². The smallest absolute Gasteiger partial charge is 0.115 e. The molecule has 0 aliphatic rings. The highest BCUT2D eigenvalue weighted by atomic mass is 15.1. The monoisotopic (exact) mass is 278 g/mol. The summed E-state index contributed by atoms with van der Waals surface area (Å²) < 4.78 is 0. The van der Waals surface area contributed by atoms with Crippen LogP contribution in [0.5, 0.6) is 0 Å². The van der Waals surface area contributed by atoms with Gasteiger partial charge >= 0.3 is 0 Å². The molecule has 2 rings (SSSR count). The van der Waals surface area contributed by atoms with Crippen LogP contribution in [0.15, 0.2) is 36.9 Å². The molecule has 2 aromatic heterocycles. The molecule has 2 aromatic rings. The van der Waals surface area contributed by atoms with Gasteiger partial charge in [0.25, 0.3) is 0 Å². The summed E-state index contributed by atoms with van der Waals surface area (Å²) in [5.74, 6) is 0. The standard InChI is InChI=1S/2C5H6N2.3C2H6/c1-5-2-3-6-4-7-5;1-5-3-2-4-6-7-5;3*1-2/h2*2-4H,1H3;3*1-2H3. The van der Waals surface area contributed by atoms with Gasteiger partial charge in [0, 0.05) is 18.1 Å². The minimum atomic E-state index is 0.961. The molecule has 0 saturated carbocycles. The van der Waals surface area contributed by atoms with Gasteiger partial charge in [0.1, 0.15) is 6.33 Å². The van der Waals surface area contributed by atoms with Crippen LogP contribution < -0.4 is 0 Å². The van der Waals surface area contributed by atoms with Crippen molar-refractivity contribution in [2.75, 3.05) is 0 Å². The fourth-order valence-electron chi connectivity index (χ4n) is 0.735. The third kappa shape index (κ3) is 18.5. The minimum absolute atomic E-state index is 0.961. The summed E-state index contributed by atoms with van der Waals surface area (Å²) in [5, 5.41) is 7.36. The Kier molecular flexibility index (Phi) is 26.0. The fraction of sp³-hybridized carbons (Fsp3) is 0.500. The molecule has 0 spiro atoms. The highest BCUT2D eigenvalue weighted by molar-refractivity contribution is 4.94. The summed E-state index contributed by atoms with van der Waals surface area (Å²) in [7, 11) is 0. The van der Waals surface area contributed by atoms with Crippen molar-refractivity contribution in [1.82, 2.24) is 20.2 Å². The van der Waals surface area contributed by atoms with Crippen molar-refractivity contribution in [3.05, 3.63) is 48.3 Å². The van der Waals surface area contributed by atoms with Gasteiger partial charge in [-0.05, 0) is 32.0 Å². The van der Waals surface area contributed by atoms with E-state index < -0.39 is 0 Å². The number of hydrogen-bond donors (Lipinski definition) is 0. The maximum Gasteiger partial charge on any atom is 0.115 e. The molecular formula is C16H30N4. The molecule has 0 saturated heterocycles. The maximum absolute atomic E-state index is 3.87. The summed E-state index contributed by atoms with van der Waals surface area (Å²) in [6, 6.07) is 5.63. The molecule has 0 aromatic carbocycles. The van der Waals surface area contributed by atoms with Crippen LogP contribution in [0.25, 0.3) is 0 Å². The van der Waals surface area contributed by atoms with E-state index in [1.165, 1.54) is 6.33 Å². The van der Waals surface area contributed by atoms with Crippen LogP contribution in [0.3, 0.4) is 0 Å². The average Bonchev–Trinajstić information content (AvgIpc) is 2.55. The molecule has 0 atom stereocenters. The zero-order valence-electron chi connectivity index (χ0n) is 14.3. The second-order valence-electron chi connectivity index (χ2n) is 2.72. The number of rotatable bonds is 0. The van der Waals surface area contributed by atoms with Gasteiger partial charge in [-0.15, -0.1) is 0 Å². The first-order valence-electron chi connectivity index (χ1n) is 7.26. The molecule has 0 bridgehead atoms. The molecule has 0 N–H and O–H groups in total. The SMILES string of the molecule is CC.CC.CC.Cc1cccnn1.Cc1ccncn1. The highest BCUT2D eigenvalue weighted by Crippen LogP contribution is 1.83. The minimum Gasteiger partial charge on any atom is -0.245 e. The first kappa shape index (κ1) is 23.3. The van der Waals surface area contributed by atoms with E-state index in [-0.39, 0.29) is 0 Å². The van der Waals surface area contributed by atoms with Gasteiger partial charge in [-0.2, -0.15) is 10.2 Å². The fourth-order valence-corrected chi connectivity index (χ4v) is 0.735. The third-order valence-corrected chi connectivity index (χ3v) is 1.44. The normalized spacial score (nSPS) is 7.00. The van der Waals surface area contributed by atoms with Gasteiger partial charge in [-0.25, -0.2) is 9.97 Å². The van der Waals surface area contributed by atoms with E-state index in [1.54, 1.807) is 12.4 Å². The zero-order valence-corrected chi connectivity index (χ0v) is 14.3. The van der Waals surface area contributed by atoms with Crippen molar-refractivity contribution in [3.63, 3.8) is 0 Å². The molecular weight excluding hydrogens is 248 g/mol. The predicted molar refractivity (Wildman–Crippen MR) is 87.6 cm³/mol. The van der Waals surface area contributed by atoms with Crippen molar-refractivity contribution in [3.8, 4) is 0 Å². The Balaban J connectivity index is -0.000000211. The quantitative estimate of drug-likeness (QED) is 0.704. The number of aryl methyl sites for hydroxylation is 2. The molecule has 0 fully saturated rings. The first-order chi connectivity index (χ1) is 9.79. The topological polar surface area (TPSA) is 51.6 Å². The van der Waals surface area contributed by atoms with E-state index in [4.69, 9.17) is 0 Å². The summed E-state index contributed by atoms with van der Waals surface area (Å²) in [6.07, 6.45) is 4.92. The lowest BCUT2D eigenvalue weighted by atomic mass is 10.4. The first-order valence-corrected chi connectivity index (χ1v) is 7.26. The van der Waals surface area contributed by atoms with Gasteiger partial charge in [0.15, 0.2) is 0 Å². The van der Waals surface area contributed by atoms with Crippen molar-refractivity contribution in [1.29, 1.82) is 0 Å². The molecule has 4 heteroatoms. The van der Waals surface area contributed by atoms with E-state index in [9.17, 15) is 0 Å². The second kappa shape index (κ2) is 22.3. The van der Waals surface area contributed by atoms with Crippen LogP contribution in [0.2, 0.25) is 0 Å². The molecule has 0 aliphatic heterocycles. The molecule has 114 valence electrons. The van der Waals surface area contributed by atoms with Gasteiger partial charge < -0.3 is 0 Å². The van der Waals surface area contributed by atoms with E-state index in [0.29, 0.717) is 0 Å². The van der Waals surface area contributed by atoms with Crippen LogP contribution in [0.4, 0.5) is 0 Å². The van der Waals surface area contributed by atoms with E-state index in [1.807, 2.05) is 73.6 Å². The Bertz CT molecular complexity index is 312. The average molecular weight is 278 g/mol. The molecule has 20 heavy (non-hydrogen) atoms. The number of aromatic nitrogens is 4. The molecule has 0 aliphatic carbocycles. The van der Waals surface area contributed by atoms with Crippen LogP contribution in [0.1, 0.15) is 52.9 Å². The molecule has 4 nitrogen and oxygen atoms in total. The maximum atomic E-state index is 3.87. The van der Waals surface area contributed by atoms with Crippen molar-refractivity contribution >= 4 is 0 Å². The lowest BCUT2D eigenvalue weighted by Crippen LogP contribution is -1.79. The van der Waals surface area contributed by atoms with Gasteiger partial charge in [-0.1, -0.05) is 41.5 Å². The van der Waals surface area contributed by atoms with Crippen molar-refractivity contribution < 1.29 is 0 Å². The summed E-state index contributed by atoms with van der Waals surface area (Å²) >= 11 is 0. The predicted octanol–water partition coefficient (Wildman–Crippen LogP) is 4.65. The summed E-state index contributed by atoms with van der Waals surface area (Å²) in [5.41, 5.74) is 1.97. The van der Waals surface area contributed by atoms with Gasteiger partial charge in [0.05, 0.1) is 5.69 Å². The summed E-state index contributed by atoms with van der Waals surface area (Å²) in [6.45, 7) is 15.8. The largest absolute Gasteiger partial charge is 0.245 e. The van der Waals surface area contributed by atoms with Crippen LogP contribution >= 0.6 is 0 Å². The number of nitrogens with zero attached hydrogens (tertiary/aromatic N) is 4. The van der Waals surface area contributed by atoms with Gasteiger partial charge in [-0.3, -0.25) is 0 Å². The van der Waals surface area contributed by atoms with Gasteiger partial charge in [0.2, 0.25) is 0 Å². The van der Waals surface area contributed by atoms with Crippen LogP contribution in [0, 0.1) is 13.8 Å². The lowest BCUT2D eigenvalue weighted by Gasteiger charge is -1.81. The Morgan fingerprint density at radius 1 is 0.750 bits per heavy atom. The van der Waals surface area contributed by atoms with Crippen molar-refractivity contribution in [2.45, 2.75) is 55.4 Å². The second-order valence-corrected chi connectivity index (χ2v) is 2.72. The Hall–Kier alpha value is -1.84. The Morgan fingerprint density at radius 2 is 1.35 bits per heavy atom. The Morgan fingerprint density at radius 3 is 1.55 bits per heavy atom. The molecule has 0 unspecified atom stereocenters. The van der Waals surface area contributed by atoms with E-state index in [2.05, 4.69) is 20.2 Å². The molecule has 0 amide bonds.